The van der Waals surface area contributed by atoms with Crippen LogP contribution in [0.5, 0.6) is 0 Å². The van der Waals surface area contributed by atoms with E-state index in [4.69, 9.17) is 37.3 Å². The van der Waals surface area contributed by atoms with Crippen molar-refractivity contribution in [1.82, 2.24) is 14.4 Å². The minimum absolute atomic E-state index is 0.00407. The van der Waals surface area contributed by atoms with E-state index in [1.54, 1.807) is 0 Å². The normalized spacial score (nSPS) is 32.3. The molecule has 5 fully saturated rings. The third-order valence-electron chi connectivity index (χ3n) is 25.3. The number of halogens is 1. The van der Waals surface area contributed by atoms with Gasteiger partial charge in [-0.05, 0) is 171 Å². The zero-order valence-electron chi connectivity index (χ0n) is 58.3. The Hall–Kier alpha value is -6.63. The summed E-state index contributed by atoms with van der Waals surface area (Å²) in [7, 11) is -2.78. The van der Waals surface area contributed by atoms with Crippen LogP contribution in [0.4, 0.5) is 5.69 Å². The van der Waals surface area contributed by atoms with Gasteiger partial charge in [-0.2, -0.15) is 0 Å². The van der Waals surface area contributed by atoms with Gasteiger partial charge in [0.15, 0.2) is 0 Å². The highest BCUT2D eigenvalue weighted by Crippen LogP contribution is 2.76. The van der Waals surface area contributed by atoms with Crippen LogP contribution in [-0.4, -0.2) is 105 Å². The van der Waals surface area contributed by atoms with Gasteiger partial charge >= 0.3 is 17.9 Å². The molecule has 17 nitrogen and oxygen atoms in total. The number of anilines is 1. The standard InChI is InChI=1S/C77H99N4O9.ClHO4/c1-15-79(16-2)53-29-30-56-61(44-53)90-68-52(28-33-65-72(8,9)58-26-19-20-27-60(58)78(65)14)22-21-25-57(68)66(56)54-23-17-18-24-55(54)70(85)80-40-42-81(43-41-80)71(86)77-37-34-47(3)48(4)67(77)59-31-32-64-73(10)45-62(88-50(6)83)69(89-51(7)84)74(11,46-87-49(5)82)63(73)35-36-76(64,13)75(59,12)38-39-77;2-1(3,4)5/h17-20,23-24,26-31,33,44,47-48,62-64,67,69H,15-16,21-22,25,32,34-43,45-46H2,1-14H3;(H,2,3,4,5)/q+1;/p-1/t47-,48+,62-,63-,64-,67+,69+,73+,74+,75-,76-,77+;/m1./s1. The molecular weight excluding hydrogens is 1220 g/mol. The van der Waals surface area contributed by atoms with Crippen molar-refractivity contribution in [3.8, 4) is 22.5 Å². The zero-order valence-corrected chi connectivity index (χ0v) is 59.1. The number of hydrogen-bond donors (Lipinski definition) is 0. The van der Waals surface area contributed by atoms with Crippen LogP contribution in [0.1, 0.15) is 181 Å². The van der Waals surface area contributed by atoms with Crippen molar-refractivity contribution >= 4 is 41.0 Å². The lowest BCUT2D eigenvalue weighted by Gasteiger charge is -2.72. The van der Waals surface area contributed by atoms with Crippen molar-refractivity contribution < 1.29 is 71.5 Å². The van der Waals surface area contributed by atoms with E-state index in [9.17, 15) is 14.4 Å². The fraction of sp³-hybridized carbons (Fsp3) is 0.584. The molecule has 512 valence electrons. The Kier molecular flexibility index (Phi) is 19.1. The van der Waals surface area contributed by atoms with Crippen LogP contribution in [0.3, 0.4) is 0 Å². The Labute approximate surface area is 563 Å². The van der Waals surface area contributed by atoms with Gasteiger partial charge in [0, 0.05) is 105 Å². The summed E-state index contributed by atoms with van der Waals surface area (Å²) >= 11 is 0. The van der Waals surface area contributed by atoms with Gasteiger partial charge in [-0.25, -0.2) is 23.2 Å². The van der Waals surface area contributed by atoms with Crippen molar-refractivity contribution in [3.63, 3.8) is 0 Å². The third-order valence-corrected chi connectivity index (χ3v) is 25.3. The molecule has 2 aromatic rings. The molecule has 1 saturated heterocycles. The van der Waals surface area contributed by atoms with Crippen molar-refractivity contribution in [2.45, 2.75) is 178 Å². The van der Waals surface area contributed by atoms with Crippen molar-refractivity contribution in [2.75, 3.05) is 57.8 Å². The maximum atomic E-state index is 16.0. The lowest BCUT2D eigenvalue weighted by atomic mass is 9.33. The number of rotatable bonds is 10. The van der Waals surface area contributed by atoms with Gasteiger partial charge in [0.1, 0.15) is 43.4 Å². The fourth-order valence-electron chi connectivity index (χ4n) is 20.4. The van der Waals surface area contributed by atoms with Crippen LogP contribution in [0.15, 0.2) is 101 Å². The van der Waals surface area contributed by atoms with Gasteiger partial charge in [-0.3, -0.25) is 24.0 Å². The van der Waals surface area contributed by atoms with Crippen molar-refractivity contribution in [1.29, 1.82) is 0 Å². The molecular formula is C77H99ClN4O13. The van der Waals surface area contributed by atoms with Gasteiger partial charge in [-0.15, -0.1) is 10.2 Å². The van der Waals surface area contributed by atoms with E-state index in [0.717, 1.165) is 122 Å². The highest BCUT2D eigenvalue weighted by atomic mass is 35.7. The molecule has 0 aromatic heterocycles. The van der Waals surface area contributed by atoms with Gasteiger partial charge in [0.05, 0.1) is 11.5 Å². The van der Waals surface area contributed by atoms with E-state index in [2.05, 4.69) is 163 Å². The molecule has 0 unspecified atom stereocenters. The summed E-state index contributed by atoms with van der Waals surface area (Å²) in [5, 5.41) is 1.10. The monoisotopic (exact) mass is 1320 g/mol. The number of ether oxygens (including phenoxy) is 3. The molecule has 7 aliphatic carbocycles. The first-order chi connectivity index (χ1) is 44.8. The summed E-state index contributed by atoms with van der Waals surface area (Å²) in [6.45, 7) is 31.0. The predicted molar refractivity (Wildman–Crippen MR) is 353 cm³/mol. The molecule has 12 rings (SSSR count). The first kappa shape index (κ1) is 69.7. The number of hydrogen-bond acceptors (Lipinski definition) is 14. The number of carbonyl (C=O) groups is 5. The number of para-hydroxylation sites is 1. The molecule has 0 bridgehead atoms. The highest BCUT2D eigenvalue weighted by Gasteiger charge is 2.72. The maximum absolute atomic E-state index is 16.0. The topological polar surface area (TPSA) is 231 Å². The smallest absolute Gasteiger partial charge is 0.303 e. The maximum Gasteiger partial charge on any atom is 0.303 e. The number of esters is 3. The summed E-state index contributed by atoms with van der Waals surface area (Å²) < 4.78 is 61.6. The summed E-state index contributed by atoms with van der Waals surface area (Å²) in [6.07, 6.45) is 14.9. The minimum Gasteiger partial charge on any atom is -0.465 e. The Morgan fingerprint density at radius 2 is 1.41 bits per heavy atom. The van der Waals surface area contributed by atoms with Crippen LogP contribution in [0, 0.1) is 66.9 Å². The number of benzene rings is 3. The average Bonchev–Trinajstić information content (AvgIpc) is 1.15. The fourth-order valence-corrected chi connectivity index (χ4v) is 20.4. The molecule has 3 heterocycles. The second kappa shape index (κ2) is 26.0. The van der Waals surface area contributed by atoms with Gasteiger partial charge in [0.2, 0.25) is 11.3 Å². The molecule has 0 radical (unpaired) electrons. The predicted octanol–water partition coefficient (Wildman–Crippen LogP) is 9.10. The number of piperazine rings is 1. The molecule has 4 saturated carbocycles. The van der Waals surface area contributed by atoms with E-state index in [1.165, 1.54) is 43.3 Å². The van der Waals surface area contributed by atoms with Crippen LogP contribution < -0.4 is 33.5 Å². The largest absolute Gasteiger partial charge is 0.465 e. The third kappa shape index (κ3) is 12.1. The molecule has 0 N–H and O–H groups in total. The minimum atomic E-state index is -4.94. The second-order valence-electron chi connectivity index (χ2n) is 30.4. The average molecular weight is 1320 g/mol. The summed E-state index contributed by atoms with van der Waals surface area (Å²) in [5.74, 6) is 1.56. The number of likely N-dealkylation sites (N-methyl/N-ethyl adjacent to an activating group) is 1. The number of amides is 2. The number of nitrogens with zero attached hydrogens (tertiary/aromatic N) is 4. The molecule has 18 heteroatoms. The number of allylic oxidation sites excluding steroid dienone is 6. The van der Waals surface area contributed by atoms with Gasteiger partial charge in [-0.1, -0.05) is 110 Å². The molecule has 10 aliphatic rings. The first-order valence-corrected chi connectivity index (χ1v) is 35.9. The van der Waals surface area contributed by atoms with E-state index >= 15 is 9.59 Å². The summed E-state index contributed by atoms with van der Waals surface area (Å²) in [4.78, 5) is 76.2. The Morgan fingerprint density at radius 3 is 2.07 bits per heavy atom. The van der Waals surface area contributed by atoms with E-state index in [-0.39, 0.29) is 63.8 Å². The molecule has 3 aliphatic heterocycles. The van der Waals surface area contributed by atoms with E-state index in [1.807, 2.05) is 17.0 Å². The molecule has 0 spiro atoms. The van der Waals surface area contributed by atoms with Crippen molar-refractivity contribution in [3.05, 3.63) is 124 Å². The van der Waals surface area contributed by atoms with Crippen molar-refractivity contribution in [2.24, 2.45) is 56.7 Å². The second-order valence-corrected chi connectivity index (χ2v) is 31.2. The Balaban J connectivity index is 0.00000177. The Bertz CT molecular complexity index is 3800. The number of fused-ring (bicyclic) bond motifs is 10. The van der Waals surface area contributed by atoms with Gasteiger partial charge in [0.25, 0.3) is 5.91 Å². The molecule has 2 amide bonds. The molecule has 12 atom stereocenters. The number of carbonyl (C=O) groups excluding carboxylic acids is 5. The highest BCUT2D eigenvalue weighted by molar-refractivity contribution is 6.04. The zero-order chi connectivity index (χ0) is 68.7. The molecule has 2 aromatic carbocycles. The first-order valence-electron chi connectivity index (χ1n) is 34.7. The Morgan fingerprint density at radius 1 is 0.747 bits per heavy atom. The van der Waals surface area contributed by atoms with E-state index < -0.39 is 51.2 Å². The quantitative estimate of drug-likeness (QED) is 0.0624. The lowest BCUT2D eigenvalue weighted by molar-refractivity contribution is -2.00. The summed E-state index contributed by atoms with van der Waals surface area (Å²) in [6, 6.07) is 23.4. The van der Waals surface area contributed by atoms with Crippen LogP contribution >= 0.6 is 0 Å². The SMILES string of the molecule is CC[N+](CC)=c1ccc2c(-c3ccccc3C(=O)N3CCN(C(=O)[C@]45CC[C@@H](C)[C@H](C)[C@H]4C4=CC[C@@H]6[C@@]7(C)C[C@@H](OC(C)=O)[C@H](OC(C)=O)[C@@](C)(COC(C)=O)[C@@H]7CC[C@@]6(C)[C@]4(C)CC5)CC3)c3c(oc-2c1)/C(=C\C=C1/N(C)c2ccccc2C1(C)C)CCC3.[O-][Cl+3]([O-])([O-])[O-]. The van der Waals surface area contributed by atoms with Crippen LogP contribution in [-0.2, 0) is 45.2 Å². The van der Waals surface area contributed by atoms with Gasteiger partial charge < -0.3 is 33.3 Å². The summed E-state index contributed by atoms with van der Waals surface area (Å²) in [5.41, 5.74) is 8.80. The molecule has 95 heavy (non-hydrogen) atoms. The van der Waals surface area contributed by atoms with Crippen LogP contribution in [0.2, 0.25) is 0 Å². The van der Waals surface area contributed by atoms with Crippen LogP contribution in [0.25, 0.3) is 28.0 Å². The van der Waals surface area contributed by atoms with E-state index in [0.29, 0.717) is 44.1 Å². The lowest BCUT2D eigenvalue weighted by Crippen LogP contribution is -2.69.